The molecule has 20 heavy (non-hydrogen) atoms. The third kappa shape index (κ3) is 3.45. The van der Waals surface area contributed by atoms with E-state index in [1.807, 2.05) is 18.2 Å². The lowest BCUT2D eigenvalue weighted by atomic mass is 10.0. The molecule has 2 aromatic carbocycles. The molecule has 1 N–H and O–H groups in total. The fraction of sp³-hybridized carbons (Fsp3) is 0.235. The van der Waals surface area contributed by atoms with Gasteiger partial charge in [-0.3, -0.25) is 0 Å². The molecule has 0 aromatic heterocycles. The molecule has 0 aliphatic heterocycles. The molecule has 0 aliphatic rings. The first-order valence-electron chi connectivity index (χ1n) is 6.74. The number of nitrogens with one attached hydrogen (secondary N) is 1. The largest absolute Gasteiger partial charge is 0.463 e. The normalized spacial score (nSPS) is 10.4. The Kier molecular flexibility index (Phi) is 4.91. The maximum atomic E-state index is 11.4. The van der Waals surface area contributed by atoms with Gasteiger partial charge in [-0.25, -0.2) is 4.79 Å². The molecule has 0 saturated carbocycles. The van der Waals surface area contributed by atoms with Crippen LogP contribution in [0.2, 0.25) is 0 Å². The fourth-order valence-corrected chi connectivity index (χ4v) is 2.10. The van der Waals surface area contributed by atoms with Gasteiger partial charge >= 0.3 is 5.97 Å². The van der Waals surface area contributed by atoms with Gasteiger partial charge < -0.3 is 10.1 Å². The van der Waals surface area contributed by atoms with Crippen LogP contribution in [0.3, 0.4) is 0 Å². The molecule has 0 atom stereocenters. The summed E-state index contributed by atoms with van der Waals surface area (Å²) in [5.41, 5.74) is 1.66. The van der Waals surface area contributed by atoms with E-state index in [9.17, 15) is 4.79 Å². The van der Waals surface area contributed by atoms with Crippen molar-refractivity contribution in [1.29, 1.82) is 0 Å². The van der Waals surface area contributed by atoms with Crippen LogP contribution in [0, 0.1) is 0 Å². The van der Waals surface area contributed by atoms with Crippen LogP contribution in [0.15, 0.2) is 54.6 Å². The van der Waals surface area contributed by atoms with E-state index in [1.54, 1.807) is 6.92 Å². The van der Waals surface area contributed by atoms with Crippen molar-refractivity contribution >= 4 is 16.7 Å². The summed E-state index contributed by atoms with van der Waals surface area (Å²) in [7, 11) is 0. The number of esters is 1. The lowest BCUT2D eigenvalue weighted by Gasteiger charge is -2.09. The summed E-state index contributed by atoms with van der Waals surface area (Å²) in [5, 5.41) is 5.68. The van der Waals surface area contributed by atoms with Crippen LogP contribution in [-0.2, 0) is 16.1 Å². The molecule has 3 heteroatoms. The van der Waals surface area contributed by atoms with Crippen LogP contribution in [-0.4, -0.2) is 19.1 Å². The highest BCUT2D eigenvalue weighted by Crippen LogP contribution is 2.18. The lowest BCUT2D eigenvalue weighted by Crippen LogP contribution is -2.21. The minimum absolute atomic E-state index is 0.335. The van der Waals surface area contributed by atoms with Gasteiger partial charge in [0.1, 0.15) is 0 Å². The van der Waals surface area contributed by atoms with Crippen molar-refractivity contribution in [3.8, 4) is 0 Å². The monoisotopic (exact) mass is 269 g/mol. The van der Waals surface area contributed by atoms with Gasteiger partial charge in [-0.05, 0) is 23.3 Å². The molecule has 2 rings (SSSR count). The summed E-state index contributed by atoms with van der Waals surface area (Å²) in [6.07, 6.45) is 0. The number of carbonyl (C=O) groups excluding carboxylic acids is 1. The molecule has 0 amide bonds. The van der Waals surface area contributed by atoms with E-state index in [0.29, 0.717) is 25.3 Å². The summed E-state index contributed by atoms with van der Waals surface area (Å²) < 4.78 is 4.90. The Labute approximate surface area is 119 Å². The summed E-state index contributed by atoms with van der Waals surface area (Å²) in [4.78, 5) is 11.4. The maximum Gasteiger partial charge on any atom is 0.334 e. The Hall–Kier alpha value is -2.13. The quantitative estimate of drug-likeness (QED) is 0.647. The standard InChI is InChI=1S/C17H19NO2/c1-3-20-17(19)13(2)11-18-12-15-9-6-8-14-7-4-5-10-16(14)15/h4-10,18H,2-3,11-12H2,1H3. The van der Waals surface area contributed by atoms with Crippen molar-refractivity contribution in [2.75, 3.05) is 13.2 Å². The molecule has 0 bridgehead atoms. The minimum Gasteiger partial charge on any atom is -0.463 e. The molecule has 0 unspecified atom stereocenters. The molecule has 0 heterocycles. The van der Waals surface area contributed by atoms with E-state index in [-0.39, 0.29) is 5.97 Å². The highest BCUT2D eigenvalue weighted by atomic mass is 16.5. The van der Waals surface area contributed by atoms with E-state index in [0.717, 1.165) is 0 Å². The van der Waals surface area contributed by atoms with Crippen LogP contribution in [0.5, 0.6) is 0 Å². The van der Waals surface area contributed by atoms with E-state index in [2.05, 4.69) is 36.2 Å². The summed E-state index contributed by atoms with van der Waals surface area (Å²) in [6.45, 7) is 7.02. The SMILES string of the molecule is C=C(CNCc1cccc2ccccc12)C(=O)OCC. The van der Waals surface area contributed by atoms with E-state index in [1.165, 1.54) is 16.3 Å². The molecule has 2 aromatic rings. The molecule has 0 spiro atoms. The smallest absolute Gasteiger partial charge is 0.334 e. The van der Waals surface area contributed by atoms with Crippen LogP contribution in [0.4, 0.5) is 0 Å². The topological polar surface area (TPSA) is 38.3 Å². The zero-order chi connectivity index (χ0) is 14.4. The van der Waals surface area contributed by atoms with Crippen LogP contribution < -0.4 is 5.32 Å². The van der Waals surface area contributed by atoms with Gasteiger partial charge in [0.05, 0.1) is 6.61 Å². The number of fused-ring (bicyclic) bond motifs is 1. The number of rotatable bonds is 6. The number of hydrogen-bond donors (Lipinski definition) is 1. The Bertz CT molecular complexity index is 614. The molecular weight excluding hydrogens is 250 g/mol. The van der Waals surface area contributed by atoms with E-state index in [4.69, 9.17) is 4.74 Å². The second-order valence-corrected chi connectivity index (χ2v) is 4.57. The van der Waals surface area contributed by atoms with Gasteiger partial charge in [-0.1, -0.05) is 49.0 Å². The van der Waals surface area contributed by atoms with Crippen LogP contribution >= 0.6 is 0 Å². The van der Waals surface area contributed by atoms with Crippen molar-refractivity contribution in [2.24, 2.45) is 0 Å². The second-order valence-electron chi connectivity index (χ2n) is 4.57. The average Bonchev–Trinajstić information content (AvgIpc) is 2.47. The number of benzene rings is 2. The number of ether oxygens (including phenoxy) is 1. The predicted octanol–water partition coefficient (Wildman–Crippen LogP) is 3.05. The first-order valence-corrected chi connectivity index (χ1v) is 6.74. The number of carbonyl (C=O) groups is 1. The number of hydrogen-bond acceptors (Lipinski definition) is 3. The van der Waals surface area contributed by atoms with Crippen molar-refractivity contribution < 1.29 is 9.53 Å². The summed E-state index contributed by atoms with van der Waals surface area (Å²) >= 11 is 0. The van der Waals surface area contributed by atoms with Crippen molar-refractivity contribution in [3.05, 3.63) is 60.2 Å². The molecule has 0 fully saturated rings. The Morgan fingerprint density at radius 2 is 1.95 bits per heavy atom. The van der Waals surface area contributed by atoms with Crippen LogP contribution in [0.25, 0.3) is 10.8 Å². The third-order valence-electron chi connectivity index (χ3n) is 3.10. The molecule has 3 nitrogen and oxygen atoms in total. The fourth-order valence-electron chi connectivity index (χ4n) is 2.10. The lowest BCUT2D eigenvalue weighted by molar-refractivity contribution is -0.138. The molecule has 0 saturated heterocycles. The van der Waals surface area contributed by atoms with E-state index >= 15 is 0 Å². The predicted molar refractivity (Wildman–Crippen MR) is 81.4 cm³/mol. The maximum absolute atomic E-state index is 11.4. The van der Waals surface area contributed by atoms with Crippen molar-refractivity contribution in [2.45, 2.75) is 13.5 Å². The van der Waals surface area contributed by atoms with Crippen molar-refractivity contribution in [1.82, 2.24) is 5.32 Å². The minimum atomic E-state index is -0.335. The second kappa shape index (κ2) is 6.87. The Morgan fingerprint density at radius 1 is 1.20 bits per heavy atom. The van der Waals surface area contributed by atoms with Crippen LogP contribution in [0.1, 0.15) is 12.5 Å². The van der Waals surface area contributed by atoms with Gasteiger partial charge in [0, 0.05) is 18.7 Å². The van der Waals surface area contributed by atoms with E-state index < -0.39 is 0 Å². The van der Waals surface area contributed by atoms with Gasteiger partial charge in [0.2, 0.25) is 0 Å². The summed E-state index contributed by atoms with van der Waals surface area (Å²) in [5.74, 6) is -0.335. The highest BCUT2D eigenvalue weighted by molar-refractivity contribution is 5.88. The zero-order valence-electron chi connectivity index (χ0n) is 11.7. The molecule has 104 valence electrons. The van der Waals surface area contributed by atoms with Gasteiger partial charge in [0.15, 0.2) is 0 Å². The Balaban J connectivity index is 1.96. The summed E-state index contributed by atoms with van der Waals surface area (Å²) in [6, 6.07) is 14.5. The van der Waals surface area contributed by atoms with Gasteiger partial charge in [-0.15, -0.1) is 0 Å². The third-order valence-corrected chi connectivity index (χ3v) is 3.10. The zero-order valence-corrected chi connectivity index (χ0v) is 11.7. The Morgan fingerprint density at radius 3 is 2.75 bits per heavy atom. The first-order chi connectivity index (χ1) is 9.72. The first kappa shape index (κ1) is 14.3. The molecular formula is C17H19NO2. The highest BCUT2D eigenvalue weighted by Gasteiger charge is 2.07. The molecule has 0 radical (unpaired) electrons. The van der Waals surface area contributed by atoms with Gasteiger partial charge in [-0.2, -0.15) is 0 Å². The van der Waals surface area contributed by atoms with Crippen molar-refractivity contribution in [3.63, 3.8) is 0 Å². The average molecular weight is 269 g/mol. The van der Waals surface area contributed by atoms with Gasteiger partial charge in [0.25, 0.3) is 0 Å². The molecule has 0 aliphatic carbocycles.